The number of benzene rings is 2. The van der Waals surface area contributed by atoms with Crippen LogP contribution in [0.5, 0.6) is 0 Å². The first-order valence-corrected chi connectivity index (χ1v) is 9.12. The van der Waals surface area contributed by atoms with Crippen LogP contribution in [-0.2, 0) is 4.79 Å². The molecular formula is C21H23Cl2NO. The lowest BCUT2D eigenvalue weighted by molar-refractivity contribution is -0.111. The van der Waals surface area contributed by atoms with E-state index < -0.39 is 0 Å². The molecule has 0 spiro atoms. The average Bonchev–Trinajstić information content (AvgIpc) is 2.55. The number of carbonyl (C=O) groups is 1. The van der Waals surface area contributed by atoms with Gasteiger partial charge in [-0.05, 0) is 46.7 Å². The third-order valence-electron chi connectivity index (χ3n) is 3.99. The number of carbonyl (C=O) groups excluding carboxylic acids is 1. The van der Waals surface area contributed by atoms with Crippen LogP contribution in [0.15, 0.2) is 42.5 Å². The summed E-state index contributed by atoms with van der Waals surface area (Å²) in [6, 6.07) is 11.4. The maximum absolute atomic E-state index is 12.4. The second-order valence-corrected chi connectivity index (χ2v) is 7.43. The van der Waals surface area contributed by atoms with Crippen molar-refractivity contribution >= 4 is 40.9 Å². The molecule has 2 rings (SSSR count). The molecule has 1 amide bonds. The van der Waals surface area contributed by atoms with Gasteiger partial charge in [0.2, 0.25) is 5.91 Å². The number of para-hydroxylation sites is 1. The second kappa shape index (κ2) is 8.55. The van der Waals surface area contributed by atoms with Crippen LogP contribution in [0.2, 0.25) is 10.0 Å². The van der Waals surface area contributed by atoms with Crippen LogP contribution in [0.1, 0.15) is 56.2 Å². The Hall–Kier alpha value is -1.77. The highest BCUT2D eigenvalue weighted by Crippen LogP contribution is 2.32. The number of anilines is 1. The Balaban J connectivity index is 2.25. The van der Waals surface area contributed by atoms with Crippen molar-refractivity contribution in [1.29, 1.82) is 0 Å². The zero-order valence-electron chi connectivity index (χ0n) is 14.9. The zero-order valence-corrected chi connectivity index (χ0v) is 16.4. The van der Waals surface area contributed by atoms with Crippen LogP contribution in [0, 0.1) is 0 Å². The quantitative estimate of drug-likeness (QED) is 0.566. The first-order valence-electron chi connectivity index (χ1n) is 8.36. The number of hydrogen-bond acceptors (Lipinski definition) is 1. The van der Waals surface area contributed by atoms with Gasteiger partial charge in [-0.2, -0.15) is 0 Å². The van der Waals surface area contributed by atoms with Gasteiger partial charge in [0.15, 0.2) is 0 Å². The van der Waals surface area contributed by atoms with Gasteiger partial charge >= 0.3 is 0 Å². The normalized spacial score (nSPS) is 11.5. The van der Waals surface area contributed by atoms with E-state index in [1.165, 1.54) is 6.08 Å². The highest BCUT2D eigenvalue weighted by Gasteiger charge is 2.14. The standard InChI is InChI=1S/C21H23Cl2NO/c1-13(2)16-6-5-7-17(14(3)4)21(16)24-20(25)11-9-15-8-10-18(22)19(23)12-15/h5-14H,1-4H3,(H,24,25). The summed E-state index contributed by atoms with van der Waals surface area (Å²) in [5, 5.41) is 4.02. The number of nitrogens with one attached hydrogen (secondary N) is 1. The fourth-order valence-corrected chi connectivity index (χ4v) is 2.95. The van der Waals surface area contributed by atoms with E-state index in [0.717, 1.165) is 22.4 Å². The fraction of sp³-hybridized carbons (Fsp3) is 0.286. The first kappa shape index (κ1) is 19.6. The SMILES string of the molecule is CC(C)c1cccc(C(C)C)c1NC(=O)C=Cc1ccc(Cl)c(Cl)c1. The van der Waals surface area contributed by atoms with Crippen molar-refractivity contribution in [2.75, 3.05) is 5.32 Å². The summed E-state index contributed by atoms with van der Waals surface area (Å²) in [6.45, 7) is 8.50. The van der Waals surface area contributed by atoms with Crippen molar-refractivity contribution in [3.8, 4) is 0 Å². The predicted octanol–water partition coefficient (Wildman–Crippen LogP) is 6.89. The van der Waals surface area contributed by atoms with Gasteiger partial charge in [-0.1, -0.05) is 75.2 Å². The smallest absolute Gasteiger partial charge is 0.248 e. The highest BCUT2D eigenvalue weighted by molar-refractivity contribution is 6.42. The molecule has 25 heavy (non-hydrogen) atoms. The minimum absolute atomic E-state index is 0.166. The Morgan fingerprint density at radius 1 is 0.960 bits per heavy atom. The maximum Gasteiger partial charge on any atom is 0.248 e. The lowest BCUT2D eigenvalue weighted by Crippen LogP contribution is -2.13. The van der Waals surface area contributed by atoms with Gasteiger partial charge in [0, 0.05) is 11.8 Å². The van der Waals surface area contributed by atoms with E-state index in [0.29, 0.717) is 21.9 Å². The van der Waals surface area contributed by atoms with Crippen LogP contribution in [-0.4, -0.2) is 5.91 Å². The summed E-state index contributed by atoms with van der Waals surface area (Å²) < 4.78 is 0. The van der Waals surface area contributed by atoms with Gasteiger partial charge in [0.05, 0.1) is 10.0 Å². The molecule has 0 unspecified atom stereocenters. The molecule has 4 heteroatoms. The van der Waals surface area contributed by atoms with E-state index >= 15 is 0 Å². The number of halogens is 2. The van der Waals surface area contributed by atoms with Crippen molar-refractivity contribution in [1.82, 2.24) is 0 Å². The van der Waals surface area contributed by atoms with Crippen molar-refractivity contribution in [2.24, 2.45) is 0 Å². The molecule has 0 fully saturated rings. The average molecular weight is 376 g/mol. The zero-order chi connectivity index (χ0) is 18.6. The fourth-order valence-electron chi connectivity index (χ4n) is 2.65. The molecule has 2 aromatic rings. The van der Waals surface area contributed by atoms with Crippen LogP contribution < -0.4 is 5.32 Å². The Bertz CT molecular complexity index is 768. The molecule has 2 nitrogen and oxygen atoms in total. The highest BCUT2D eigenvalue weighted by atomic mass is 35.5. The van der Waals surface area contributed by atoms with Crippen LogP contribution in [0.4, 0.5) is 5.69 Å². The van der Waals surface area contributed by atoms with Crippen molar-refractivity contribution in [2.45, 2.75) is 39.5 Å². The molecule has 0 bridgehead atoms. The largest absolute Gasteiger partial charge is 0.322 e. The van der Waals surface area contributed by atoms with Crippen LogP contribution in [0.25, 0.3) is 6.08 Å². The summed E-state index contributed by atoms with van der Waals surface area (Å²) in [6.07, 6.45) is 3.24. The maximum atomic E-state index is 12.4. The van der Waals surface area contributed by atoms with Crippen LogP contribution in [0.3, 0.4) is 0 Å². The molecule has 1 N–H and O–H groups in total. The summed E-state index contributed by atoms with van der Waals surface area (Å²) >= 11 is 11.9. The molecule has 132 valence electrons. The number of hydrogen-bond donors (Lipinski definition) is 1. The van der Waals surface area contributed by atoms with Crippen molar-refractivity contribution in [3.63, 3.8) is 0 Å². The lowest BCUT2D eigenvalue weighted by Gasteiger charge is -2.19. The second-order valence-electron chi connectivity index (χ2n) is 6.62. The molecule has 0 aromatic heterocycles. The van der Waals surface area contributed by atoms with Crippen LogP contribution >= 0.6 is 23.2 Å². The number of amides is 1. The van der Waals surface area contributed by atoms with Gasteiger partial charge in [-0.15, -0.1) is 0 Å². The topological polar surface area (TPSA) is 29.1 Å². The Labute approximate surface area is 159 Å². The lowest BCUT2D eigenvalue weighted by atomic mass is 9.92. The third-order valence-corrected chi connectivity index (χ3v) is 4.73. The van der Waals surface area contributed by atoms with E-state index in [9.17, 15) is 4.79 Å². The van der Waals surface area contributed by atoms with Crippen molar-refractivity contribution < 1.29 is 4.79 Å². The molecule has 0 radical (unpaired) electrons. The molecule has 0 atom stereocenters. The Morgan fingerprint density at radius 3 is 2.08 bits per heavy atom. The minimum Gasteiger partial charge on any atom is -0.322 e. The van der Waals surface area contributed by atoms with E-state index in [-0.39, 0.29) is 5.91 Å². The molecule has 0 saturated heterocycles. The van der Waals surface area contributed by atoms with Gasteiger partial charge < -0.3 is 5.32 Å². The molecule has 0 saturated carbocycles. The van der Waals surface area contributed by atoms with E-state index in [2.05, 4.69) is 45.1 Å². The monoisotopic (exact) mass is 375 g/mol. The van der Waals surface area contributed by atoms with E-state index in [1.54, 1.807) is 18.2 Å². The Kier molecular flexibility index (Phi) is 6.69. The third kappa shape index (κ3) is 5.10. The Morgan fingerprint density at radius 2 is 1.56 bits per heavy atom. The van der Waals surface area contributed by atoms with Gasteiger partial charge in [-0.3, -0.25) is 4.79 Å². The van der Waals surface area contributed by atoms with Gasteiger partial charge in [0.25, 0.3) is 0 Å². The summed E-state index contributed by atoms with van der Waals surface area (Å²) in [7, 11) is 0. The molecule has 2 aromatic carbocycles. The van der Waals surface area contributed by atoms with E-state index in [4.69, 9.17) is 23.2 Å². The molecule has 0 aliphatic heterocycles. The molecular weight excluding hydrogens is 353 g/mol. The molecule has 0 heterocycles. The number of rotatable bonds is 5. The van der Waals surface area contributed by atoms with Crippen molar-refractivity contribution in [3.05, 3.63) is 69.2 Å². The summed E-state index contributed by atoms with van der Waals surface area (Å²) in [5.41, 5.74) is 4.02. The predicted molar refractivity (Wildman–Crippen MR) is 109 cm³/mol. The summed E-state index contributed by atoms with van der Waals surface area (Å²) in [4.78, 5) is 12.4. The van der Waals surface area contributed by atoms with E-state index in [1.807, 2.05) is 12.1 Å². The van der Waals surface area contributed by atoms with Gasteiger partial charge in [-0.25, -0.2) is 0 Å². The minimum atomic E-state index is -0.166. The molecule has 0 aliphatic rings. The molecule has 0 aliphatic carbocycles. The van der Waals surface area contributed by atoms with Gasteiger partial charge in [0.1, 0.15) is 0 Å². The summed E-state index contributed by atoms with van der Waals surface area (Å²) in [5.74, 6) is 0.488. The first-order chi connectivity index (χ1) is 11.8.